The van der Waals surface area contributed by atoms with Crippen molar-refractivity contribution in [2.24, 2.45) is 4.99 Å². The summed E-state index contributed by atoms with van der Waals surface area (Å²) in [5.41, 5.74) is 2.88. The van der Waals surface area contributed by atoms with Gasteiger partial charge in [0.25, 0.3) is 0 Å². The summed E-state index contributed by atoms with van der Waals surface area (Å²) in [6.45, 7) is 6.58. The van der Waals surface area contributed by atoms with Gasteiger partial charge in [0.15, 0.2) is 0 Å². The lowest BCUT2D eigenvalue weighted by molar-refractivity contribution is 0.910. The predicted octanol–water partition coefficient (Wildman–Crippen LogP) is 3.21. The second kappa shape index (κ2) is 6.14. The largest absolute Gasteiger partial charge is 0.296 e. The molecule has 0 rings (SSSR count). The number of aliphatic imine (C=N–C) groups is 1. The Morgan fingerprint density at radius 1 is 1.36 bits per heavy atom. The van der Waals surface area contributed by atoms with Crippen LogP contribution < -0.4 is 0 Å². The van der Waals surface area contributed by atoms with Crippen LogP contribution in [0.1, 0.15) is 40.0 Å². The lowest BCUT2D eigenvalue weighted by Crippen LogP contribution is -1.89. The van der Waals surface area contributed by atoms with E-state index in [2.05, 4.69) is 25.8 Å². The van der Waals surface area contributed by atoms with Crippen LogP contribution in [-0.2, 0) is 0 Å². The van der Waals surface area contributed by atoms with Crippen LogP contribution >= 0.6 is 0 Å². The van der Waals surface area contributed by atoms with Crippen molar-refractivity contribution in [1.82, 2.24) is 0 Å². The minimum atomic E-state index is 1.14. The molecular formula is C10H19N. The fourth-order valence-electron chi connectivity index (χ4n) is 1.04. The van der Waals surface area contributed by atoms with Gasteiger partial charge in [-0.15, -0.1) is 0 Å². The first kappa shape index (κ1) is 10.4. The van der Waals surface area contributed by atoms with Gasteiger partial charge in [-0.2, -0.15) is 0 Å². The molecule has 0 atom stereocenters. The molecule has 0 radical (unpaired) electrons. The highest BCUT2D eigenvalue weighted by molar-refractivity contribution is 5.79. The Hall–Kier alpha value is -0.590. The van der Waals surface area contributed by atoms with Crippen LogP contribution in [0.15, 0.2) is 16.1 Å². The Kier molecular flexibility index (Phi) is 5.81. The lowest BCUT2D eigenvalue weighted by Gasteiger charge is -2.03. The number of nitrogens with zero attached hydrogens (tertiary/aromatic N) is 1. The van der Waals surface area contributed by atoms with Gasteiger partial charge in [0.2, 0.25) is 0 Å². The van der Waals surface area contributed by atoms with E-state index in [0.29, 0.717) is 0 Å². The van der Waals surface area contributed by atoms with Gasteiger partial charge in [0, 0.05) is 13.3 Å². The smallest absolute Gasteiger partial charge is 0.0277 e. The van der Waals surface area contributed by atoms with Gasteiger partial charge >= 0.3 is 0 Å². The summed E-state index contributed by atoms with van der Waals surface area (Å²) < 4.78 is 0. The Balaban J connectivity index is 4.30. The van der Waals surface area contributed by atoms with Gasteiger partial charge in [0.05, 0.1) is 0 Å². The van der Waals surface area contributed by atoms with Crippen LogP contribution in [-0.4, -0.2) is 13.3 Å². The summed E-state index contributed by atoms with van der Waals surface area (Å²) in [6, 6.07) is 0. The van der Waals surface area contributed by atoms with Crippen molar-refractivity contribution in [1.29, 1.82) is 0 Å². The molecule has 0 unspecified atom stereocenters. The van der Waals surface area contributed by atoms with Crippen LogP contribution in [0.3, 0.4) is 0 Å². The number of rotatable bonds is 4. The molecule has 64 valence electrons. The molecule has 11 heavy (non-hydrogen) atoms. The first-order chi connectivity index (χ1) is 5.26. The summed E-state index contributed by atoms with van der Waals surface area (Å²) >= 11 is 0. The molecule has 0 saturated carbocycles. The first-order valence-electron chi connectivity index (χ1n) is 4.37. The Morgan fingerprint density at radius 2 is 2.00 bits per heavy atom. The molecule has 0 aliphatic heterocycles. The molecule has 0 aromatic carbocycles. The quantitative estimate of drug-likeness (QED) is 0.550. The standard InChI is InChI=1S/C10H19N/c1-5-7-10(8-11-4)9(3)6-2/h8H,5-7H2,1-4H3/b10-9+,11-8?. The molecule has 0 saturated heterocycles. The summed E-state index contributed by atoms with van der Waals surface area (Å²) in [5, 5.41) is 0. The average Bonchev–Trinajstić information content (AvgIpc) is 2.03. The summed E-state index contributed by atoms with van der Waals surface area (Å²) in [7, 11) is 1.83. The van der Waals surface area contributed by atoms with Gasteiger partial charge < -0.3 is 0 Å². The van der Waals surface area contributed by atoms with Crippen LogP contribution in [0.2, 0.25) is 0 Å². The minimum Gasteiger partial charge on any atom is -0.296 e. The third-order valence-corrected chi connectivity index (χ3v) is 1.88. The van der Waals surface area contributed by atoms with Gasteiger partial charge in [-0.1, -0.05) is 25.8 Å². The third kappa shape index (κ3) is 3.97. The monoisotopic (exact) mass is 153 g/mol. The van der Waals surface area contributed by atoms with E-state index in [4.69, 9.17) is 0 Å². The highest BCUT2D eigenvalue weighted by Crippen LogP contribution is 2.11. The zero-order chi connectivity index (χ0) is 8.69. The van der Waals surface area contributed by atoms with Crippen LogP contribution in [0.4, 0.5) is 0 Å². The highest BCUT2D eigenvalue weighted by atomic mass is 14.6. The molecule has 0 aliphatic rings. The predicted molar refractivity (Wildman–Crippen MR) is 52.3 cm³/mol. The highest BCUT2D eigenvalue weighted by Gasteiger charge is 1.95. The van der Waals surface area contributed by atoms with E-state index in [-0.39, 0.29) is 0 Å². The van der Waals surface area contributed by atoms with Crippen molar-refractivity contribution >= 4 is 6.21 Å². The van der Waals surface area contributed by atoms with Crippen molar-refractivity contribution in [2.75, 3.05) is 7.05 Å². The second-order valence-electron chi connectivity index (χ2n) is 2.80. The molecule has 0 N–H and O–H groups in total. The zero-order valence-electron chi connectivity index (χ0n) is 8.15. The Morgan fingerprint density at radius 3 is 2.36 bits per heavy atom. The third-order valence-electron chi connectivity index (χ3n) is 1.88. The van der Waals surface area contributed by atoms with Gasteiger partial charge in [0.1, 0.15) is 0 Å². The molecule has 0 amide bonds. The molecule has 0 spiro atoms. The SMILES string of the molecule is CCC/C(C=NC)=C(/C)CC. The first-order valence-corrected chi connectivity index (χ1v) is 4.37. The van der Waals surface area contributed by atoms with E-state index in [9.17, 15) is 0 Å². The lowest BCUT2D eigenvalue weighted by atomic mass is 10.0. The van der Waals surface area contributed by atoms with E-state index >= 15 is 0 Å². The maximum absolute atomic E-state index is 4.04. The fourth-order valence-corrected chi connectivity index (χ4v) is 1.04. The molecule has 0 fully saturated rings. The molecule has 0 aromatic heterocycles. The van der Waals surface area contributed by atoms with Gasteiger partial charge in [-0.3, -0.25) is 4.99 Å². The number of allylic oxidation sites excluding steroid dienone is 2. The Bertz CT molecular complexity index is 154. The van der Waals surface area contributed by atoms with Crippen molar-refractivity contribution in [3.8, 4) is 0 Å². The average molecular weight is 153 g/mol. The van der Waals surface area contributed by atoms with Crippen molar-refractivity contribution in [3.05, 3.63) is 11.1 Å². The van der Waals surface area contributed by atoms with Crippen LogP contribution in [0.5, 0.6) is 0 Å². The van der Waals surface area contributed by atoms with E-state index in [1.807, 2.05) is 13.3 Å². The van der Waals surface area contributed by atoms with Crippen LogP contribution in [0, 0.1) is 0 Å². The zero-order valence-corrected chi connectivity index (χ0v) is 8.15. The molecular weight excluding hydrogens is 134 g/mol. The van der Waals surface area contributed by atoms with Crippen molar-refractivity contribution < 1.29 is 0 Å². The molecule has 1 heteroatoms. The second-order valence-corrected chi connectivity index (χ2v) is 2.80. The molecule has 0 aromatic rings. The number of hydrogen-bond acceptors (Lipinski definition) is 1. The van der Waals surface area contributed by atoms with E-state index in [1.165, 1.54) is 17.6 Å². The molecule has 0 bridgehead atoms. The maximum atomic E-state index is 4.04. The fraction of sp³-hybridized carbons (Fsp3) is 0.700. The maximum Gasteiger partial charge on any atom is 0.0277 e. The number of hydrogen-bond donors (Lipinski definition) is 0. The summed E-state index contributed by atoms with van der Waals surface area (Å²) in [4.78, 5) is 4.04. The minimum absolute atomic E-state index is 1.14. The summed E-state index contributed by atoms with van der Waals surface area (Å²) in [5.74, 6) is 0. The van der Waals surface area contributed by atoms with Crippen LogP contribution in [0.25, 0.3) is 0 Å². The molecule has 0 aliphatic carbocycles. The van der Waals surface area contributed by atoms with E-state index in [1.54, 1.807) is 0 Å². The molecule has 0 heterocycles. The summed E-state index contributed by atoms with van der Waals surface area (Å²) in [6.07, 6.45) is 5.50. The van der Waals surface area contributed by atoms with Crippen molar-refractivity contribution in [3.63, 3.8) is 0 Å². The van der Waals surface area contributed by atoms with Crippen molar-refractivity contribution in [2.45, 2.75) is 40.0 Å². The topological polar surface area (TPSA) is 12.4 Å². The Labute approximate surface area is 70.2 Å². The van der Waals surface area contributed by atoms with Gasteiger partial charge in [-0.25, -0.2) is 0 Å². The molecule has 1 nitrogen and oxygen atoms in total. The van der Waals surface area contributed by atoms with Gasteiger partial charge in [-0.05, 0) is 25.3 Å². The normalized spacial score (nSPS) is 13.8. The van der Waals surface area contributed by atoms with E-state index < -0.39 is 0 Å². The van der Waals surface area contributed by atoms with E-state index in [0.717, 1.165) is 12.8 Å².